The zero-order valence-corrected chi connectivity index (χ0v) is 22.1. The Morgan fingerprint density at radius 3 is 1.51 bits per heavy atom. The molecule has 0 aliphatic heterocycles. The summed E-state index contributed by atoms with van der Waals surface area (Å²) in [4.78, 5) is 0.166. The molecule has 0 amide bonds. The van der Waals surface area contributed by atoms with Gasteiger partial charge in [0.2, 0.25) is 10.0 Å². The Hall–Kier alpha value is -4.29. The van der Waals surface area contributed by atoms with Crippen LogP contribution in [0.5, 0.6) is 0 Å². The molecule has 5 heteroatoms. The van der Waals surface area contributed by atoms with E-state index in [9.17, 15) is 13.5 Å². The molecule has 2 N–H and O–H groups in total. The van der Waals surface area contributed by atoms with E-state index >= 15 is 0 Å². The van der Waals surface area contributed by atoms with Gasteiger partial charge in [-0.15, -0.1) is 0 Å². The van der Waals surface area contributed by atoms with Crippen LogP contribution in [0.25, 0.3) is 5.57 Å². The summed E-state index contributed by atoms with van der Waals surface area (Å²) >= 11 is 0. The van der Waals surface area contributed by atoms with E-state index in [0.717, 1.165) is 11.1 Å². The molecule has 0 spiro atoms. The molecule has 0 radical (unpaired) electrons. The van der Waals surface area contributed by atoms with E-state index in [1.807, 2.05) is 121 Å². The van der Waals surface area contributed by atoms with Crippen LogP contribution in [0.4, 0.5) is 0 Å². The van der Waals surface area contributed by atoms with Gasteiger partial charge < -0.3 is 5.11 Å². The van der Waals surface area contributed by atoms with Crippen LogP contribution in [-0.4, -0.2) is 13.5 Å². The van der Waals surface area contributed by atoms with E-state index in [0.29, 0.717) is 16.7 Å². The van der Waals surface area contributed by atoms with Gasteiger partial charge in [0, 0.05) is 0 Å². The lowest BCUT2D eigenvalue weighted by atomic mass is 9.81. The summed E-state index contributed by atoms with van der Waals surface area (Å²) in [5, 5.41) is 12.4. The van der Waals surface area contributed by atoms with Gasteiger partial charge in [-0.2, -0.15) is 4.72 Å². The molecule has 0 aromatic heterocycles. The minimum Gasteiger partial charge on any atom is -0.377 e. The predicted octanol–water partition coefficient (Wildman–Crippen LogP) is 6.73. The molecule has 5 aromatic rings. The van der Waals surface area contributed by atoms with Crippen LogP contribution in [0.3, 0.4) is 0 Å². The Labute approximate surface area is 230 Å². The SMILES string of the molecule is O=S(=O)(NC(/C(=C/C(O)(c1ccccc1)c1ccccc1)c1ccccc1)c1ccccc1)c1ccccc1. The molecular formula is C34H29NO3S. The third-order valence-corrected chi connectivity index (χ3v) is 8.11. The van der Waals surface area contributed by atoms with E-state index in [2.05, 4.69) is 4.72 Å². The summed E-state index contributed by atoms with van der Waals surface area (Å²) in [5.41, 5.74) is 1.95. The lowest BCUT2D eigenvalue weighted by Crippen LogP contribution is -2.32. The van der Waals surface area contributed by atoms with E-state index in [1.165, 1.54) is 0 Å². The zero-order valence-electron chi connectivity index (χ0n) is 21.3. The van der Waals surface area contributed by atoms with Gasteiger partial charge in [-0.3, -0.25) is 0 Å². The highest BCUT2D eigenvalue weighted by Crippen LogP contribution is 2.39. The topological polar surface area (TPSA) is 66.4 Å². The Morgan fingerprint density at radius 2 is 1.03 bits per heavy atom. The summed E-state index contributed by atoms with van der Waals surface area (Å²) in [5.74, 6) is 0. The first kappa shape index (κ1) is 26.3. The molecule has 0 saturated heterocycles. The number of hydrogen-bond donors (Lipinski definition) is 2. The van der Waals surface area contributed by atoms with Gasteiger partial charge in [0.25, 0.3) is 0 Å². The van der Waals surface area contributed by atoms with Gasteiger partial charge in [-0.05, 0) is 46.0 Å². The monoisotopic (exact) mass is 531 g/mol. The number of sulfonamides is 1. The number of nitrogens with one attached hydrogen (secondary N) is 1. The minimum atomic E-state index is -3.92. The van der Waals surface area contributed by atoms with Crippen molar-refractivity contribution in [1.82, 2.24) is 4.72 Å². The summed E-state index contributed by atoms with van der Waals surface area (Å²) in [6.45, 7) is 0. The van der Waals surface area contributed by atoms with Crippen LogP contribution >= 0.6 is 0 Å². The van der Waals surface area contributed by atoms with Crippen LogP contribution in [0, 0.1) is 0 Å². The second-order valence-corrected chi connectivity index (χ2v) is 11.0. The first-order valence-electron chi connectivity index (χ1n) is 12.7. The number of aliphatic hydroxyl groups is 1. The molecule has 5 rings (SSSR count). The highest BCUT2D eigenvalue weighted by Gasteiger charge is 2.33. The first-order chi connectivity index (χ1) is 19.0. The first-order valence-corrected chi connectivity index (χ1v) is 14.2. The minimum absolute atomic E-state index is 0.166. The maximum atomic E-state index is 13.7. The average molecular weight is 532 g/mol. The maximum Gasteiger partial charge on any atom is 0.241 e. The highest BCUT2D eigenvalue weighted by atomic mass is 32.2. The Bertz CT molecular complexity index is 1580. The highest BCUT2D eigenvalue weighted by molar-refractivity contribution is 7.89. The number of rotatable bonds is 9. The van der Waals surface area contributed by atoms with Gasteiger partial charge in [-0.1, -0.05) is 140 Å². The van der Waals surface area contributed by atoms with Crippen LogP contribution in [0.15, 0.2) is 163 Å². The molecule has 0 fully saturated rings. The van der Waals surface area contributed by atoms with Crippen molar-refractivity contribution in [1.29, 1.82) is 0 Å². The van der Waals surface area contributed by atoms with Crippen molar-refractivity contribution < 1.29 is 13.5 Å². The summed E-state index contributed by atoms with van der Waals surface area (Å²) < 4.78 is 30.3. The third-order valence-electron chi connectivity index (χ3n) is 6.67. The van der Waals surface area contributed by atoms with Crippen molar-refractivity contribution >= 4 is 15.6 Å². The molecule has 4 nitrogen and oxygen atoms in total. The quantitative estimate of drug-likeness (QED) is 0.222. The fourth-order valence-corrected chi connectivity index (χ4v) is 5.91. The van der Waals surface area contributed by atoms with Crippen molar-refractivity contribution in [2.45, 2.75) is 16.5 Å². The van der Waals surface area contributed by atoms with E-state index in [-0.39, 0.29) is 4.90 Å². The lowest BCUT2D eigenvalue weighted by Gasteiger charge is -2.30. The van der Waals surface area contributed by atoms with Crippen molar-refractivity contribution in [3.8, 4) is 0 Å². The molecular weight excluding hydrogens is 502 g/mol. The fourth-order valence-electron chi connectivity index (χ4n) is 4.69. The molecule has 1 unspecified atom stereocenters. The molecule has 0 aliphatic carbocycles. The van der Waals surface area contributed by atoms with Crippen molar-refractivity contribution in [3.63, 3.8) is 0 Å². The van der Waals surface area contributed by atoms with Gasteiger partial charge in [0.1, 0.15) is 5.60 Å². The predicted molar refractivity (Wildman–Crippen MR) is 156 cm³/mol. The van der Waals surface area contributed by atoms with E-state index in [4.69, 9.17) is 0 Å². The Kier molecular flexibility index (Phi) is 7.84. The second-order valence-electron chi connectivity index (χ2n) is 9.24. The summed E-state index contributed by atoms with van der Waals surface area (Å²) in [6.07, 6.45) is 1.78. The molecule has 5 aromatic carbocycles. The average Bonchev–Trinajstić information content (AvgIpc) is 3.01. The second kappa shape index (κ2) is 11.6. The van der Waals surface area contributed by atoms with Gasteiger partial charge in [0.05, 0.1) is 10.9 Å². The maximum absolute atomic E-state index is 13.7. The fraction of sp³-hybridized carbons (Fsp3) is 0.0588. The van der Waals surface area contributed by atoms with Crippen LogP contribution < -0.4 is 4.72 Å². The van der Waals surface area contributed by atoms with Crippen molar-refractivity contribution in [2.24, 2.45) is 0 Å². The van der Waals surface area contributed by atoms with Gasteiger partial charge in [-0.25, -0.2) is 8.42 Å². The Balaban J connectivity index is 1.76. The van der Waals surface area contributed by atoms with Gasteiger partial charge in [0.15, 0.2) is 0 Å². The Morgan fingerprint density at radius 1 is 0.615 bits per heavy atom. The molecule has 1 atom stereocenters. The molecule has 0 aliphatic rings. The standard InChI is InChI=1S/C34H29NO3S/c36-34(29-20-10-3-11-21-29,30-22-12-4-13-23-30)26-32(27-16-6-1-7-17-27)33(28-18-8-2-9-19-28)35-39(37,38)31-24-14-5-15-25-31/h1-26,33,35-36H/b32-26+. The van der Waals surface area contributed by atoms with Crippen molar-refractivity contribution in [2.75, 3.05) is 0 Å². The molecule has 0 saturated carbocycles. The summed E-state index contributed by atoms with van der Waals surface area (Å²) in [6, 6.07) is 45.3. The third kappa shape index (κ3) is 5.91. The van der Waals surface area contributed by atoms with Crippen LogP contribution in [0.2, 0.25) is 0 Å². The largest absolute Gasteiger partial charge is 0.377 e. The van der Waals surface area contributed by atoms with E-state index in [1.54, 1.807) is 36.4 Å². The zero-order chi connectivity index (χ0) is 27.1. The van der Waals surface area contributed by atoms with Crippen LogP contribution in [0.1, 0.15) is 28.3 Å². The smallest absolute Gasteiger partial charge is 0.241 e. The molecule has 0 heterocycles. The number of benzene rings is 5. The van der Waals surface area contributed by atoms with Gasteiger partial charge >= 0.3 is 0 Å². The van der Waals surface area contributed by atoms with E-state index < -0.39 is 21.7 Å². The molecule has 194 valence electrons. The van der Waals surface area contributed by atoms with Crippen LogP contribution in [-0.2, 0) is 15.6 Å². The normalized spacial score (nSPS) is 13.1. The lowest BCUT2D eigenvalue weighted by molar-refractivity contribution is 0.134. The van der Waals surface area contributed by atoms with Crippen molar-refractivity contribution in [3.05, 3.63) is 180 Å². The summed E-state index contributed by atoms with van der Waals surface area (Å²) in [7, 11) is -3.92. The molecule has 0 bridgehead atoms. The molecule has 39 heavy (non-hydrogen) atoms. The number of hydrogen-bond acceptors (Lipinski definition) is 3.